The largest absolute Gasteiger partial charge is 0.493 e. The lowest BCUT2D eigenvalue weighted by atomic mass is 10.1. The van der Waals surface area contributed by atoms with Gasteiger partial charge in [-0.3, -0.25) is 0 Å². The predicted octanol–water partition coefficient (Wildman–Crippen LogP) is 3.34. The lowest BCUT2D eigenvalue weighted by Crippen LogP contribution is -2.01. The molecule has 0 saturated heterocycles. The van der Waals surface area contributed by atoms with Crippen LogP contribution in [0.15, 0.2) is 42.5 Å². The van der Waals surface area contributed by atoms with E-state index >= 15 is 0 Å². The zero-order valence-electron chi connectivity index (χ0n) is 14.8. The molecular weight excluding hydrogens is 334 g/mol. The summed E-state index contributed by atoms with van der Waals surface area (Å²) in [7, 11) is 4.57. The smallest absolute Gasteiger partial charge is 0.331 e. The normalized spacial score (nSPS) is 10.2. The number of nitriles is 1. The highest BCUT2D eigenvalue weighted by Gasteiger charge is 2.12. The van der Waals surface area contributed by atoms with Crippen LogP contribution in [0.3, 0.4) is 0 Å². The number of hydrogen-bond acceptors (Lipinski definition) is 6. The Morgan fingerprint density at radius 1 is 1.04 bits per heavy atom. The number of benzene rings is 2. The summed E-state index contributed by atoms with van der Waals surface area (Å²) >= 11 is 0. The average Bonchev–Trinajstić information content (AvgIpc) is 2.69. The molecule has 26 heavy (non-hydrogen) atoms. The Morgan fingerprint density at radius 2 is 1.65 bits per heavy atom. The molecule has 0 fully saturated rings. The number of hydrogen-bond donors (Lipinski definition) is 0. The summed E-state index contributed by atoms with van der Waals surface area (Å²) in [5.41, 5.74) is 2.07. The molecule has 0 radical (unpaired) electrons. The van der Waals surface area contributed by atoms with Crippen molar-refractivity contribution in [1.29, 1.82) is 5.26 Å². The zero-order chi connectivity index (χ0) is 18.9. The summed E-state index contributed by atoms with van der Waals surface area (Å²) in [6.07, 6.45) is 2.93. The first kappa shape index (κ1) is 18.9. The fourth-order valence-corrected chi connectivity index (χ4v) is 2.24. The van der Waals surface area contributed by atoms with Crippen molar-refractivity contribution in [2.24, 2.45) is 0 Å². The fraction of sp³-hybridized carbons (Fsp3) is 0.200. The van der Waals surface area contributed by atoms with E-state index in [4.69, 9.17) is 24.2 Å². The van der Waals surface area contributed by atoms with Gasteiger partial charge in [0, 0.05) is 6.08 Å². The van der Waals surface area contributed by atoms with Crippen LogP contribution < -0.4 is 14.2 Å². The van der Waals surface area contributed by atoms with Gasteiger partial charge in [-0.2, -0.15) is 5.26 Å². The molecule has 0 spiro atoms. The van der Waals surface area contributed by atoms with Gasteiger partial charge in [0.15, 0.2) is 11.5 Å². The monoisotopic (exact) mass is 353 g/mol. The number of carbonyl (C=O) groups excluding carboxylic acids is 1. The maximum absolute atomic E-state index is 11.9. The van der Waals surface area contributed by atoms with Crippen LogP contribution in [0.4, 0.5) is 0 Å². The molecular formula is C20H19NO5. The summed E-state index contributed by atoms with van der Waals surface area (Å²) < 4.78 is 21.0. The van der Waals surface area contributed by atoms with E-state index in [9.17, 15) is 4.79 Å². The summed E-state index contributed by atoms with van der Waals surface area (Å²) in [6, 6.07) is 12.3. The maximum atomic E-state index is 11.9. The minimum absolute atomic E-state index is 0.129. The zero-order valence-corrected chi connectivity index (χ0v) is 14.8. The standard InChI is InChI=1S/C20H19NO5/c1-23-17-10-16(11-18(24-2)20(17)25-3)8-9-19(22)26-13-15-6-4-14(12-21)5-7-15/h4-11H,13H2,1-3H3/b9-8+. The van der Waals surface area contributed by atoms with Crippen molar-refractivity contribution in [2.45, 2.75) is 6.61 Å². The van der Waals surface area contributed by atoms with Gasteiger partial charge in [-0.15, -0.1) is 0 Å². The van der Waals surface area contributed by atoms with Crippen molar-refractivity contribution in [3.63, 3.8) is 0 Å². The molecule has 134 valence electrons. The van der Waals surface area contributed by atoms with Crippen LogP contribution in [0.2, 0.25) is 0 Å². The Labute approximate surface area is 152 Å². The Balaban J connectivity index is 2.04. The molecule has 0 aliphatic heterocycles. The first-order valence-electron chi connectivity index (χ1n) is 7.75. The molecule has 0 saturated carbocycles. The molecule has 0 N–H and O–H groups in total. The van der Waals surface area contributed by atoms with E-state index in [1.54, 1.807) is 42.5 Å². The summed E-state index contributed by atoms with van der Waals surface area (Å²) in [5, 5.41) is 8.76. The Hall–Kier alpha value is -3.46. The van der Waals surface area contributed by atoms with Crippen molar-refractivity contribution in [3.05, 3.63) is 59.2 Å². The van der Waals surface area contributed by atoms with Crippen molar-refractivity contribution >= 4 is 12.0 Å². The van der Waals surface area contributed by atoms with E-state index in [2.05, 4.69) is 0 Å². The second-order valence-electron chi connectivity index (χ2n) is 5.21. The summed E-state index contributed by atoms with van der Waals surface area (Å²) in [4.78, 5) is 11.9. The van der Waals surface area contributed by atoms with Gasteiger partial charge in [0.1, 0.15) is 6.61 Å². The van der Waals surface area contributed by atoms with E-state index in [0.717, 1.165) is 5.56 Å². The van der Waals surface area contributed by atoms with Crippen LogP contribution in [0.25, 0.3) is 6.08 Å². The van der Waals surface area contributed by atoms with Crippen LogP contribution in [0, 0.1) is 11.3 Å². The number of rotatable bonds is 7. The van der Waals surface area contributed by atoms with Crippen molar-refractivity contribution < 1.29 is 23.7 Å². The molecule has 2 rings (SSSR count). The fourth-order valence-electron chi connectivity index (χ4n) is 2.24. The van der Waals surface area contributed by atoms with E-state index < -0.39 is 5.97 Å². The van der Waals surface area contributed by atoms with Crippen LogP contribution in [0.1, 0.15) is 16.7 Å². The molecule has 0 aliphatic carbocycles. The molecule has 0 unspecified atom stereocenters. The average molecular weight is 353 g/mol. The number of nitrogens with zero attached hydrogens (tertiary/aromatic N) is 1. The number of ether oxygens (including phenoxy) is 4. The van der Waals surface area contributed by atoms with Crippen LogP contribution in [-0.2, 0) is 16.1 Å². The third kappa shape index (κ3) is 4.77. The van der Waals surface area contributed by atoms with Crippen LogP contribution in [-0.4, -0.2) is 27.3 Å². The van der Waals surface area contributed by atoms with Gasteiger partial charge >= 0.3 is 5.97 Å². The van der Waals surface area contributed by atoms with Crippen LogP contribution in [0.5, 0.6) is 17.2 Å². The summed E-state index contributed by atoms with van der Waals surface area (Å²) in [6.45, 7) is 0.129. The van der Waals surface area contributed by atoms with Crippen molar-refractivity contribution in [1.82, 2.24) is 0 Å². The third-order valence-corrected chi connectivity index (χ3v) is 3.56. The quantitative estimate of drug-likeness (QED) is 0.561. The summed E-state index contributed by atoms with van der Waals surface area (Å²) in [5.74, 6) is 0.994. The number of esters is 1. The minimum atomic E-state index is -0.483. The Morgan fingerprint density at radius 3 is 2.15 bits per heavy atom. The van der Waals surface area contributed by atoms with Gasteiger partial charge in [-0.25, -0.2) is 4.79 Å². The second-order valence-corrected chi connectivity index (χ2v) is 5.21. The molecule has 0 heterocycles. The number of carbonyl (C=O) groups is 1. The second kappa shape index (κ2) is 9.14. The highest BCUT2D eigenvalue weighted by atomic mass is 16.5. The van der Waals surface area contributed by atoms with Crippen molar-refractivity contribution in [3.8, 4) is 23.3 Å². The Kier molecular flexibility index (Phi) is 6.63. The van der Waals surface area contributed by atoms with Gasteiger partial charge < -0.3 is 18.9 Å². The van der Waals surface area contributed by atoms with Gasteiger partial charge in [0.05, 0.1) is 33.0 Å². The molecule has 0 amide bonds. The van der Waals surface area contributed by atoms with Gasteiger partial charge in [0.2, 0.25) is 5.75 Å². The molecule has 2 aromatic carbocycles. The number of methoxy groups -OCH3 is 3. The molecule has 2 aromatic rings. The molecule has 0 bridgehead atoms. The molecule has 6 nitrogen and oxygen atoms in total. The first-order valence-corrected chi connectivity index (χ1v) is 7.75. The van der Waals surface area contributed by atoms with Gasteiger partial charge in [0.25, 0.3) is 0 Å². The van der Waals surface area contributed by atoms with E-state index in [0.29, 0.717) is 28.4 Å². The SMILES string of the molecule is COc1cc(/C=C/C(=O)OCc2ccc(C#N)cc2)cc(OC)c1OC. The predicted molar refractivity (Wildman–Crippen MR) is 96.1 cm³/mol. The highest BCUT2D eigenvalue weighted by molar-refractivity contribution is 5.87. The first-order chi connectivity index (χ1) is 12.6. The van der Waals surface area contributed by atoms with E-state index in [-0.39, 0.29) is 6.61 Å². The third-order valence-electron chi connectivity index (χ3n) is 3.56. The molecule has 0 aromatic heterocycles. The molecule has 6 heteroatoms. The topological polar surface area (TPSA) is 77.8 Å². The lowest BCUT2D eigenvalue weighted by molar-refractivity contribution is -0.138. The highest BCUT2D eigenvalue weighted by Crippen LogP contribution is 2.38. The maximum Gasteiger partial charge on any atom is 0.331 e. The van der Waals surface area contributed by atoms with Crippen molar-refractivity contribution in [2.75, 3.05) is 21.3 Å². The van der Waals surface area contributed by atoms with E-state index in [1.165, 1.54) is 27.4 Å². The van der Waals surface area contributed by atoms with Gasteiger partial charge in [-0.1, -0.05) is 12.1 Å². The van der Waals surface area contributed by atoms with Gasteiger partial charge in [-0.05, 0) is 41.5 Å². The molecule has 0 atom stereocenters. The minimum Gasteiger partial charge on any atom is -0.493 e. The molecule has 0 aliphatic rings. The lowest BCUT2D eigenvalue weighted by Gasteiger charge is -2.12. The Bertz CT molecular complexity index is 809. The van der Waals surface area contributed by atoms with E-state index in [1.807, 2.05) is 6.07 Å². The van der Waals surface area contributed by atoms with Crippen LogP contribution >= 0.6 is 0 Å².